The zero-order valence-electron chi connectivity index (χ0n) is 8.02. The number of hydrogen-bond donors (Lipinski definition) is 0. The minimum Gasteiger partial charge on any atom is -0.295 e. The lowest BCUT2D eigenvalue weighted by molar-refractivity contribution is -0.116. The molecule has 0 saturated carbocycles. The van der Waals surface area contributed by atoms with Gasteiger partial charge in [0.25, 0.3) is 0 Å². The van der Waals surface area contributed by atoms with Crippen molar-refractivity contribution >= 4 is 11.6 Å². The van der Waals surface area contributed by atoms with Gasteiger partial charge in [-0.1, -0.05) is 20.3 Å². The maximum Gasteiger partial charge on any atom is 0.155 e. The number of ketones is 2. The smallest absolute Gasteiger partial charge is 0.155 e. The SMILES string of the molecule is CCCC(=CC(=O)CC)C(C)=O. The third-order valence-corrected chi connectivity index (χ3v) is 1.66. The fraction of sp³-hybridized carbons (Fsp3) is 0.600. The molecule has 2 heteroatoms. The average molecular weight is 168 g/mol. The van der Waals surface area contributed by atoms with E-state index in [1.807, 2.05) is 6.92 Å². The van der Waals surface area contributed by atoms with E-state index in [0.717, 1.165) is 6.42 Å². The predicted molar refractivity (Wildman–Crippen MR) is 49.0 cm³/mol. The Hall–Kier alpha value is -0.920. The molecule has 0 atom stereocenters. The lowest BCUT2D eigenvalue weighted by atomic mass is 10.1. The fourth-order valence-corrected chi connectivity index (χ4v) is 0.916. The molecule has 0 aromatic rings. The molecule has 68 valence electrons. The maximum atomic E-state index is 11.0. The highest BCUT2D eigenvalue weighted by Gasteiger charge is 2.04. The monoisotopic (exact) mass is 168 g/mol. The van der Waals surface area contributed by atoms with Gasteiger partial charge in [0, 0.05) is 6.42 Å². The Bertz CT molecular complexity index is 202. The van der Waals surface area contributed by atoms with Crippen LogP contribution in [-0.4, -0.2) is 11.6 Å². The van der Waals surface area contributed by atoms with Crippen LogP contribution in [0.4, 0.5) is 0 Å². The van der Waals surface area contributed by atoms with Gasteiger partial charge in [0.1, 0.15) is 0 Å². The molecule has 0 bridgehead atoms. The van der Waals surface area contributed by atoms with Gasteiger partial charge in [0.2, 0.25) is 0 Å². The van der Waals surface area contributed by atoms with Gasteiger partial charge < -0.3 is 0 Å². The number of allylic oxidation sites excluding steroid dienone is 2. The fourth-order valence-electron chi connectivity index (χ4n) is 0.916. The molecule has 0 aliphatic heterocycles. The van der Waals surface area contributed by atoms with Crippen molar-refractivity contribution in [1.29, 1.82) is 0 Å². The van der Waals surface area contributed by atoms with E-state index < -0.39 is 0 Å². The molecule has 0 aliphatic rings. The van der Waals surface area contributed by atoms with Gasteiger partial charge in [0.05, 0.1) is 0 Å². The summed E-state index contributed by atoms with van der Waals surface area (Å²) < 4.78 is 0. The largest absolute Gasteiger partial charge is 0.295 e. The number of rotatable bonds is 5. The quantitative estimate of drug-likeness (QED) is 0.590. The highest BCUT2D eigenvalue weighted by Crippen LogP contribution is 2.06. The number of hydrogen-bond acceptors (Lipinski definition) is 2. The molecule has 0 unspecified atom stereocenters. The minimum atomic E-state index is 0.0126. The molecule has 0 heterocycles. The first-order chi connectivity index (χ1) is 5.61. The molecule has 0 radical (unpaired) electrons. The van der Waals surface area contributed by atoms with Crippen LogP contribution in [0.2, 0.25) is 0 Å². The normalized spacial score (nSPS) is 11.4. The molecule has 12 heavy (non-hydrogen) atoms. The lowest BCUT2D eigenvalue weighted by Crippen LogP contribution is -2.00. The van der Waals surface area contributed by atoms with Gasteiger partial charge in [-0.05, 0) is 25.0 Å². The van der Waals surface area contributed by atoms with Crippen LogP contribution >= 0.6 is 0 Å². The zero-order valence-corrected chi connectivity index (χ0v) is 8.02. The van der Waals surface area contributed by atoms with Crippen molar-refractivity contribution in [2.45, 2.75) is 40.0 Å². The van der Waals surface area contributed by atoms with Crippen LogP contribution in [0.5, 0.6) is 0 Å². The van der Waals surface area contributed by atoms with Crippen molar-refractivity contribution in [3.8, 4) is 0 Å². The summed E-state index contributed by atoms with van der Waals surface area (Å²) in [6.07, 6.45) is 3.57. The van der Waals surface area contributed by atoms with Crippen LogP contribution in [0.25, 0.3) is 0 Å². The standard InChI is InChI=1S/C10H16O2/c1-4-6-9(8(3)11)7-10(12)5-2/h7H,4-6H2,1-3H3. The van der Waals surface area contributed by atoms with E-state index >= 15 is 0 Å². The molecular formula is C10H16O2. The van der Waals surface area contributed by atoms with E-state index in [2.05, 4.69) is 0 Å². The average Bonchev–Trinajstić information content (AvgIpc) is 2.03. The summed E-state index contributed by atoms with van der Waals surface area (Å²) in [6, 6.07) is 0. The molecule has 2 nitrogen and oxygen atoms in total. The summed E-state index contributed by atoms with van der Waals surface area (Å²) >= 11 is 0. The summed E-state index contributed by atoms with van der Waals surface area (Å²) in [6.45, 7) is 5.29. The van der Waals surface area contributed by atoms with Crippen molar-refractivity contribution in [3.63, 3.8) is 0 Å². The van der Waals surface area contributed by atoms with Crippen LogP contribution in [0.3, 0.4) is 0 Å². The van der Waals surface area contributed by atoms with E-state index in [4.69, 9.17) is 0 Å². The predicted octanol–water partition coefficient (Wildman–Crippen LogP) is 2.28. The summed E-state index contributed by atoms with van der Waals surface area (Å²) in [5, 5.41) is 0. The highest BCUT2D eigenvalue weighted by molar-refractivity contribution is 6.01. The topological polar surface area (TPSA) is 34.1 Å². The Labute approximate surface area is 73.7 Å². The van der Waals surface area contributed by atoms with Gasteiger partial charge in [0.15, 0.2) is 11.6 Å². The van der Waals surface area contributed by atoms with Crippen molar-refractivity contribution in [2.24, 2.45) is 0 Å². The van der Waals surface area contributed by atoms with Crippen LogP contribution in [-0.2, 0) is 9.59 Å². The number of Topliss-reactive ketones (excluding diaryl/α,β-unsaturated/α-hetero) is 1. The van der Waals surface area contributed by atoms with E-state index in [1.54, 1.807) is 6.92 Å². The van der Waals surface area contributed by atoms with E-state index in [9.17, 15) is 9.59 Å². The molecular weight excluding hydrogens is 152 g/mol. The van der Waals surface area contributed by atoms with E-state index in [-0.39, 0.29) is 11.6 Å². The summed E-state index contributed by atoms with van der Waals surface area (Å²) in [7, 11) is 0. The molecule has 0 aromatic heterocycles. The second-order valence-corrected chi connectivity index (χ2v) is 2.80. The molecule has 0 amide bonds. The molecule has 0 rings (SSSR count). The molecule has 0 N–H and O–H groups in total. The zero-order chi connectivity index (χ0) is 9.56. The van der Waals surface area contributed by atoms with Crippen LogP contribution in [0.15, 0.2) is 11.6 Å². The Morgan fingerprint density at radius 2 is 1.83 bits per heavy atom. The Balaban J connectivity index is 4.38. The first kappa shape index (κ1) is 11.1. The van der Waals surface area contributed by atoms with E-state index in [1.165, 1.54) is 13.0 Å². The van der Waals surface area contributed by atoms with Gasteiger partial charge in [-0.25, -0.2) is 0 Å². The second kappa shape index (κ2) is 5.70. The molecule has 0 spiro atoms. The van der Waals surface area contributed by atoms with Crippen molar-refractivity contribution in [1.82, 2.24) is 0 Å². The summed E-state index contributed by atoms with van der Waals surface area (Å²) in [5.41, 5.74) is 0.657. The third-order valence-electron chi connectivity index (χ3n) is 1.66. The second-order valence-electron chi connectivity index (χ2n) is 2.80. The van der Waals surface area contributed by atoms with Gasteiger partial charge in [-0.15, -0.1) is 0 Å². The van der Waals surface area contributed by atoms with Crippen LogP contribution in [0.1, 0.15) is 40.0 Å². The van der Waals surface area contributed by atoms with Gasteiger partial charge in [-0.2, -0.15) is 0 Å². The summed E-state index contributed by atoms with van der Waals surface area (Å²) in [5.74, 6) is 0.0484. The number of carbonyl (C=O) groups is 2. The van der Waals surface area contributed by atoms with Crippen molar-refractivity contribution < 1.29 is 9.59 Å². The van der Waals surface area contributed by atoms with Gasteiger partial charge in [-0.3, -0.25) is 9.59 Å². The first-order valence-electron chi connectivity index (χ1n) is 4.36. The molecule has 0 aromatic carbocycles. The first-order valence-corrected chi connectivity index (χ1v) is 4.36. The Morgan fingerprint density at radius 1 is 1.25 bits per heavy atom. The maximum absolute atomic E-state index is 11.0. The Kier molecular flexibility index (Phi) is 5.26. The summed E-state index contributed by atoms with van der Waals surface area (Å²) in [4.78, 5) is 21.9. The Morgan fingerprint density at radius 3 is 2.17 bits per heavy atom. The highest BCUT2D eigenvalue weighted by atomic mass is 16.1. The van der Waals surface area contributed by atoms with Crippen LogP contribution in [0, 0.1) is 0 Å². The molecule has 0 saturated heterocycles. The van der Waals surface area contributed by atoms with E-state index in [0.29, 0.717) is 18.4 Å². The third kappa shape index (κ3) is 4.06. The molecule has 0 aliphatic carbocycles. The van der Waals surface area contributed by atoms with Crippen LogP contribution < -0.4 is 0 Å². The van der Waals surface area contributed by atoms with Crippen molar-refractivity contribution in [2.75, 3.05) is 0 Å². The van der Waals surface area contributed by atoms with Crippen molar-refractivity contribution in [3.05, 3.63) is 11.6 Å². The molecule has 0 fully saturated rings. The lowest BCUT2D eigenvalue weighted by Gasteiger charge is -1.99. The minimum absolute atomic E-state index is 0.0126. The van der Waals surface area contributed by atoms with Gasteiger partial charge >= 0.3 is 0 Å². The number of carbonyl (C=O) groups excluding carboxylic acids is 2.